The third-order valence-electron chi connectivity index (χ3n) is 3.55. The second-order valence-corrected chi connectivity index (χ2v) is 5.28. The summed E-state index contributed by atoms with van der Waals surface area (Å²) in [5.41, 5.74) is 0.921. The molecule has 0 radical (unpaired) electrons. The van der Waals surface area contributed by atoms with Gasteiger partial charge in [0.05, 0.1) is 0 Å². The zero-order valence-electron chi connectivity index (χ0n) is 12.6. The van der Waals surface area contributed by atoms with E-state index in [0.717, 1.165) is 43.1 Å². The fraction of sp³-hybridized carbons (Fsp3) is 0.714. The Morgan fingerprint density at radius 2 is 2.00 bits per heavy atom. The Kier molecular flexibility index (Phi) is 6.52. The molecule has 19 heavy (non-hydrogen) atoms. The average molecular weight is 285 g/mol. The van der Waals surface area contributed by atoms with Gasteiger partial charge in [0.1, 0.15) is 16.8 Å². The highest BCUT2D eigenvalue weighted by Gasteiger charge is 2.09. The summed E-state index contributed by atoms with van der Waals surface area (Å²) in [4.78, 5) is 11.1. The first kappa shape index (κ1) is 16.2. The Labute approximate surface area is 121 Å². The van der Waals surface area contributed by atoms with E-state index in [2.05, 4.69) is 41.1 Å². The molecule has 1 aromatic heterocycles. The summed E-state index contributed by atoms with van der Waals surface area (Å²) in [5, 5.41) is 3.91. The maximum Gasteiger partial charge on any atom is 0.137 e. The number of likely N-dealkylation sites (N-methyl/N-ethyl adjacent to an activating group) is 1. The number of hydrogen-bond donors (Lipinski definition) is 1. The molecule has 5 heteroatoms. The molecular weight excluding hydrogens is 260 g/mol. The van der Waals surface area contributed by atoms with Crippen molar-refractivity contribution in [1.82, 2.24) is 14.9 Å². The standard InChI is InChI=1S/C14H25ClN4/c1-6-10(3)19(5)9-8-16-14-11(4)13(15)17-12(7-2)18-14/h10H,6-9H2,1-5H3,(H,16,17,18). The first-order valence-corrected chi connectivity index (χ1v) is 7.34. The molecule has 0 spiro atoms. The van der Waals surface area contributed by atoms with Gasteiger partial charge in [-0.2, -0.15) is 0 Å². The Bertz CT molecular complexity index is 409. The molecule has 1 unspecified atom stereocenters. The van der Waals surface area contributed by atoms with Crippen LogP contribution in [0.25, 0.3) is 0 Å². The van der Waals surface area contributed by atoms with Crippen LogP contribution in [-0.4, -0.2) is 41.0 Å². The number of anilines is 1. The van der Waals surface area contributed by atoms with Gasteiger partial charge >= 0.3 is 0 Å². The van der Waals surface area contributed by atoms with E-state index in [1.54, 1.807) is 0 Å². The van der Waals surface area contributed by atoms with Crippen molar-refractivity contribution in [2.45, 2.75) is 46.6 Å². The highest BCUT2D eigenvalue weighted by atomic mass is 35.5. The van der Waals surface area contributed by atoms with Gasteiger partial charge in [-0.3, -0.25) is 0 Å². The number of aryl methyl sites for hydroxylation is 1. The van der Waals surface area contributed by atoms with Crippen molar-refractivity contribution in [1.29, 1.82) is 0 Å². The lowest BCUT2D eigenvalue weighted by Gasteiger charge is -2.23. The predicted octanol–water partition coefficient (Wildman–Crippen LogP) is 3.14. The van der Waals surface area contributed by atoms with Crippen LogP contribution in [0.1, 0.15) is 38.6 Å². The Balaban J connectivity index is 2.60. The summed E-state index contributed by atoms with van der Waals surface area (Å²) < 4.78 is 0. The van der Waals surface area contributed by atoms with Crippen molar-refractivity contribution >= 4 is 17.4 Å². The van der Waals surface area contributed by atoms with E-state index in [-0.39, 0.29) is 0 Å². The summed E-state index contributed by atoms with van der Waals surface area (Å²) >= 11 is 6.11. The smallest absolute Gasteiger partial charge is 0.137 e. The highest BCUT2D eigenvalue weighted by molar-refractivity contribution is 6.30. The summed E-state index contributed by atoms with van der Waals surface area (Å²) in [7, 11) is 2.15. The van der Waals surface area contributed by atoms with E-state index in [1.807, 2.05) is 13.8 Å². The molecule has 0 saturated carbocycles. The van der Waals surface area contributed by atoms with Gasteiger partial charge in [0, 0.05) is 31.1 Å². The van der Waals surface area contributed by atoms with Gasteiger partial charge in [-0.05, 0) is 27.3 Å². The van der Waals surface area contributed by atoms with Crippen LogP contribution in [0, 0.1) is 6.92 Å². The number of aromatic nitrogens is 2. The molecule has 108 valence electrons. The molecular formula is C14H25ClN4. The first-order valence-electron chi connectivity index (χ1n) is 6.96. The van der Waals surface area contributed by atoms with Crippen LogP contribution in [0.15, 0.2) is 0 Å². The zero-order chi connectivity index (χ0) is 14.4. The monoisotopic (exact) mass is 284 g/mol. The second-order valence-electron chi connectivity index (χ2n) is 4.92. The Hall–Kier alpha value is -0.870. The van der Waals surface area contributed by atoms with Crippen molar-refractivity contribution in [3.05, 3.63) is 16.5 Å². The van der Waals surface area contributed by atoms with Crippen molar-refractivity contribution in [3.63, 3.8) is 0 Å². The molecule has 0 aliphatic rings. The maximum absolute atomic E-state index is 6.11. The third kappa shape index (κ3) is 4.62. The molecule has 4 nitrogen and oxygen atoms in total. The van der Waals surface area contributed by atoms with Gasteiger partial charge in [-0.1, -0.05) is 25.4 Å². The Morgan fingerprint density at radius 1 is 1.32 bits per heavy atom. The van der Waals surface area contributed by atoms with Crippen LogP contribution in [0.5, 0.6) is 0 Å². The van der Waals surface area contributed by atoms with Crippen molar-refractivity contribution < 1.29 is 0 Å². The molecule has 1 rings (SSSR count). The fourth-order valence-corrected chi connectivity index (χ4v) is 1.93. The van der Waals surface area contributed by atoms with Gasteiger partial charge < -0.3 is 10.2 Å². The average Bonchev–Trinajstić information content (AvgIpc) is 2.41. The molecule has 1 aromatic rings. The van der Waals surface area contributed by atoms with E-state index in [1.165, 1.54) is 0 Å². The van der Waals surface area contributed by atoms with Gasteiger partial charge in [0.15, 0.2) is 0 Å². The van der Waals surface area contributed by atoms with Crippen LogP contribution in [0.3, 0.4) is 0 Å². The summed E-state index contributed by atoms with van der Waals surface area (Å²) in [5.74, 6) is 1.64. The summed E-state index contributed by atoms with van der Waals surface area (Å²) in [6, 6.07) is 0.600. The molecule has 1 N–H and O–H groups in total. The van der Waals surface area contributed by atoms with Crippen LogP contribution in [0.2, 0.25) is 5.15 Å². The molecule has 0 aromatic carbocycles. The lowest BCUT2D eigenvalue weighted by atomic mass is 10.2. The topological polar surface area (TPSA) is 41.1 Å². The van der Waals surface area contributed by atoms with Gasteiger partial charge in [0.2, 0.25) is 0 Å². The predicted molar refractivity (Wildman–Crippen MR) is 82.0 cm³/mol. The van der Waals surface area contributed by atoms with Crippen LogP contribution in [-0.2, 0) is 6.42 Å². The molecule has 0 aliphatic heterocycles. The number of hydrogen-bond acceptors (Lipinski definition) is 4. The quantitative estimate of drug-likeness (QED) is 0.781. The van der Waals surface area contributed by atoms with Crippen molar-refractivity contribution in [2.75, 3.05) is 25.5 Å². The van der Waals surface area contributed by atoms with Gasteiger partial charge in [-0.25, -0.2) is 9.97 Å². The largest absolute Gasteiger partial charge is 0.368 e. The SMILES string of the molecule is CCc1nc(Cl)c(C)c(NCCN(C)C(C)CC)n1. The van der Waals surface area contributed by atoms with E-state index in [0.29, 0.717) is 11.2 Å². The number of halogens is 1. The van der Waals surface area contributed by atoms with Crippen molar-refractivity contribution in [2.24, 2.45) is 0 Å². The Morgan fingerprint density at radius 3 is 2.58 bits per heavy atom. The molecule has 0 aliphatic carbocycles. The molecule has 1 heterocycles. The molecule has 0 fully saturated rings. The normalized spacial score (nSPS) is 12.8. The van der Waals surface area contributed by atoms with E-state index >= 15 is 0 Å². The minimum atomic E-state index is 0.546. The van der Waals surface area contributed by atoms with Crippen molar-refractivity contribution in [3.8, 4) is 0 Å². The zero-order valence-corrected chi connectivity index (χ0v) is 13.4. The van der Waals surface area contributed by atoms with E-state index in [9.17, 15) is 0 Å². The number of nitrogens with zero attached hydrogens (tertiary/aromatic N) is 3. The van der Waals surface area contributed by atoms with Crippen LogP contribution in [0.4, 0.5) is 5.82 Å². The van der Waals surface area contributed by atoms with Crippen LogP contribution < -0.4 is 5.32 Å². The molecule has 0 amide bonds. The molecule has 1 atom stereocenters. The minimum absolute atomic E-state index is 0.546. The van der Waals surface area contributed by atoms with E-state index in [4.69, 9.17) is 11.6 Å². The molecule has 0 saturated heterocycles. The van der Waals surface area contributed by atoms with Crippen LogP contribution >= 0.6 is 11.6 Å². The maximum atomic E-state index is 6.11. The third-order valence-corrected chi connectivity index (χ3v) is 3.92. The van der Waals surface area contributed by atoms with Gasteiger partial charge in [0.25, 0.3) is 0 Å². The number of nitrogens with one attached hydrogen (secondary N) is 1. The van der Waals surface area contributed by atoms with E-state index < -0.39 is 0 Å². The lowest BCUT2D eigenvalue weighted by Crippen LogP contribution is -2.32. The lowest BCUT2D eigenvalue weighted by molar-refractivity contribution is 0.261. The number of rotatable bonds is 7. The second kappa shape index (κ2) is 7.65. The molecule has 0 bridgehead atoms. The first-order chi connectivity index (χ1) is 8.99. The van der Waals surface area contributed by atoms with Gasteiger partial charge in [-0.15, -0.1) is 0 Å². The highest BCUT2D eigenvalue weighted by Crippen LogP contribution is 2.19. The fourth-order valence-electron chi connectivity index (χ4n) is 1.75. The summed E-state index contributed by atoms with van der Waals surface area (Å²) in [6.07, 6.45) is 1.95. The minimum Gasteiger partial charge on any atom is -0.368 e. The summed E-state index contributed by atoms with van der Waals surface area (Å²) in [6.45, 7) is 10.3.